The SMILES string of the molecule is CCNC(CN1CCC(N2CCOCC2)C1)C1CCOC1. The molecule has 3 rings (SSSR count). The van der Waals surface area contributed by atoms with Gasteiger partial charge in [0.1, 0.15) is 0 Å². The molecule has 3 aliphatic rings. The molecule has 21 heavy (non-hydrogen) atoms. The number of morpholine rings is 1. The zero-order chi connectivity index (χ0) is 14.5. The second-order valence-electron chi connectivity index (χ2n) is 6.64. The van der Waals surface area contributed by atoms with Crippen LogP contribution in [0.1, 0.15) is 19.8 Å². The van der Waals surface area contributed by atoms with E-state index in [1.54, 1.807) is 0 Å². The van der Waals surface area contributed by atoms with Crippen molar-refractivity contribution in [1.82, 2.24) is 15.1 Å². The average molecular weight is 297 g/mol. The Balaban J connectivity index is 1.47. The molecule has 3 aliphatic heterocycles. The average Bonchev–Trinajstić information content (AvgIpc) is 3.19. The van der Waals surface area contributed by atoms with E-state index in [4.69, 9.17) is 9.47 Å². The minimum absolute atomic E-state index is 0.598. The molecule has 3 fully saturated rings. The van der Waals surface area contributed by atoms with Crippen molar-refractivity contribution in [3.8, 4) is 0 Å². The highest BCUT2D eigenvalue weighted by Crippen LogP contribution is 2.21. The number of hydrogen-bond acceptors (Lipinski definition) is 5. The molecule has 3 heterocycles. The Hall–Kier alpha value is -0.200. The maximum absolute atomic E-state index is 5.58. The molecular weight excluding hydrogens is 266 g/mol. The van der Waals surface area contributed by atoms with Crippen LogP contribution in [0.4, 0.5) is 0 Å². The lowest BCUT2D eigenvalue weighted by Crippen LogP contribution is -2.47. The summed E-state index contributed by atoms with van der Waals surface area (Å²) in [4.78, 5) is 5.29. The maximum Gasteiger partial charge on any atom is 0.0594 e. The quantitative estimate of drug-likeness (QED) is 0.768. The van der Waals surface area contributed by atoms with Gasteiger partial charge in [-0.2, -0.15) is 0 Å². The molecule has 0 aromatic heterocycles. The Morgan fingerprint density at radius 1 is 1.10 bits per heavy atom. The minimum Gasteiger partial charge on any atom is -0.381 e. The fourth-order valence-electron chi connectivity index (χ4n) is 4.01. The van der Waals surface area contributed by atoms with Gasteiger partial charge in [0.05, 0.1) is 19.8 Å². The smallest absolute Gasteiger partial charge is 0.0594 e. The Morgan fingerprint density at radius 2 is 1.95 bits per heavy atom. The summed E-state index contributed by atoms with van der Waals surface area (Å²) in [6, 6.07) is 1.34. The molecule has 3 atom stereocenters. The highest BCUT2D eigenvalue weighted by molar-refractivity contribution is 4.89. The van der Waals surface area contributed by atoms with Crippen molar-refractivity contribution < 1.29 is 9.47 Å². The molecule has 122 valence electrons. The largest absolute Gasteiger partial charge is 0.381 e. The predicted molar refractivity (Wildman–Crippen MR) is 83.6 cm³/mol. The van der Waals surface area contributed by atoms with Gasteiger partial charge in [-0.1, -0.05) is 6.92 Å². The monoisotopic (exact) mass is 297 g/mol. The number of nitrogens with zero attached hydrogens (tertiary/aromatic N) is 2. The zero-order valence-corrected chi connectivity index (χ0v) is 13.4. The number of rotatable bonds is 6. The van der Waals surface area contributed by atoms with Crippen LogP contribution in [0.3, 0.4) is 0 Å². The van der Waals surface area contributed by atoms with E-state index in [0.29, 0.717) is 12.0 Å². The second kappa shape index (κ2) is 7.88. The highest BCUT2D eigenvalue weighted by atomic mass is 16.5. The molecule has 0 spiro atoms. The van der Waals surface area contributed by atoms with Crippen LogP contribution < -0.4 is 5.32 Å². The summed E-state index contributed by atoms with van der Waals surface area (Å²) in [5.74, 6) is 0.701. The van der Waals surface area contributed by atoms with E-state index in [1.165, 1.54) is 32.5 Å². The van der Waals surface area contributed by atoms with Gasteiger partial charge in [-0.25, -0.2) is 0 Å². The molecular formula is C16H31N3O2. The molecule has 5 nitrogen and oxygen atoms in total. The van der Waals surface area contributed by atoms with Crippen LogP contribution in [0.15, 0.2) is 0 Å². The first-order valence-electron chi connectivity index (χ1n) is 8.72. The lowest BCUT2D eigenvalue weighted by atomic mass is 9.98. The van der Waals surface area contributed by atoms with Gasteiger partial charge in [-0.15, -0.1) is 0 Å². The van der Waals surface area contributed by atoms with Crippen molar-refractivity contribution in [2.75, 3.05) is 65.7 Å². The number of hydrogen-bond donors (Lipinski definition) is 1. The van der Waals surface area contributed by atoms with E-state index in [2.05, 4.69) is 22.0 Å². The van der Waals surface area contributed by atoms with Crippen molar-refractivity contribution >= 4 is 0 Å². The van der Waals surface area contributed by atoms with Gasteiger partial charge in [0.15, 0.2) is 0 Å². The molecule has 1 N–H and O–H groups in total. The highest BCUT2D eigenvalue weighted by Gasteiger charge is 2.32. The van der Waals surface area contributed by atoms with Crippen LogP contribution >= 0.6 is 0 Å². The van der Waals surface area contributed by atoms with Crippen molar-refractivity contribution in [1.29, 1.82) is 0 Å². The van der Waals surface area contributed by atoms with E-state index < -0.39 is 0 Å². The number of ether oxygens (including phenoxy) is 2. The van der Waals surface area contributed by atoms with Gasteiger partial charge >= 0.3 is 0 Å². The van der Waals surface area contributed by atoms with E-state index >= 15 is 0 Å². The Labute approximate surface area is 128 Å². The Kier molecular flexibility index (Phi) is 5.89. The third-order valence-corrected chi connectivity index (χ3v) is 5.26. The zero-order valence-electron chi connectivity index (χ0n) is 13.4. The molecule has 0 aromatic carbocycles. The van der Waals surface area contributed by atoms with Crippen molar-refractivity contribution in [3.05, 3.63) is 0 Å². The van der Waals surface area contributed by atoms with Gasteiger partial charge in [-0.05, 0) is 25.9 Å². The molecule has 3 saturated heterocycles. The predicted octanol–water partition coefficient (Wildman–Crippen LogP) is 0.408. The summed E-state index contributed by atoms with van der Waals surface area (Å²) in [6.45, 7) is 12.9. The number of likely N-dealkylation sites (tertiary alicyclic amines) is 1. The fourth-order valence-corrected chi connectivity index (χ4v) is 4.01. The fraction of sp³-hybridized carbons (Fsp3) is 1.00. The normalized spacial score (nSPS) is 33.6. The topological polar surface area (TPSA) is 37.0 Å². The van der Waals surface area contributed by atoms with Crippen LogP contribution in [-0.2, 0) is 9.47 Å². The Bertz CT molecular complexity index is 304. The third kappa shape index (κ3) is 4.17. The van der Waals surface area contributed by atoms with Crippen LogP contribution in [0.25, 0.3) is 0 Å². The summed E-state index contributed by atoms with van der Waals surface area (Å²) in [7, 11) is 0. The summed E-state index contributed by atoms with van der Waals surface area (Å²) < 4.78 is 11.1. The summed E-state index contributed by atoms with van der Waals surface area (Å²) in [5.41, 5.74) is 0. The lowest BCUT2D eigenvalue weighted by molar-refractivity contribution is 0.0182. The molecule has 0 saturated carbocycles. The number of likely N-dealkylation sites (N-methyl/N-ethyl adjacent to an activating group) is 1. The van der Waals surface area contributed by atoms with Crippen LogP contribution in [0.5, 0.6) is 0 Å². The molecule has 0 bridgehead atoms. The van der Waals surface area contributed by atoms with Gasteiger partial charge in [0, 0.05) is 50.8 Å². The molecule has 0 aromatic rings. The lowest BCUT2D eigenvalue weighted by Gasteiger charge is -2.33. The number of nitrogens with one attached hydrogen (secondary N) is 1. The van der Waals surface area contributed by atoms with Crippen LogP contribution in [-0.4, -0.2) is 87.6 Å². The maximum atomic E-state index is 5.58. The summed E-state index contributed by atoms with van der Waals surface area (Å²) in [5, 5.41) is 3.69. The van der Waals surface area contributed by atoms with Gasteiger partial charge < -0.3 is 19.7 Å². The molecule has 3 unspecified atom stereocenters. The van der Waals surface area contributed by atoms with E-state index in [1.807, 2.05) is 0 Å². The van der Waals surface area contributed by atoms with E-state index in [-0.39, 0.29) is 0 Å². The first-order valence-corrected chi connectivity index (χ1v) is 8.72. The minimum atomic E-state index is 0.598. The summed E-state index contributed by atoms with van der Waals surface area (Å²) in [6.07, 6.45) is 2.54. The van der Waals surface area contributed by atoms with Crippen LogP contribution in [0, 0.1) is 5.92 Å². The first-order chi connectivity index (χ1) is 10.4. The van der Waals surface area contributed by atoms with Crippen molar-refractivity contribution in [2.24, 2.45) is 5.92 Å². The molecule has 0 radical (unpaired) electrons. The van der Waals surface area contributed by atoms with Crippen molar-refractivity contribution in [2.45, 2.75) is 31.8 Å². The molecule has 5 heteroatoms. The summed E-state index contributed by atoms with van der Waals surface area (Å²) >= 11 is 0. The molecule has 0 amide bonds. The second-order valence-corrected chi connectivity index (χ2v) is 6.64. The van der Waals surface area contributed by atoms with Gasteiger partial charge in [0.2, 0.25) is 0 Å². The van der Waals surface area contributed by atoms with Gasteiger partial charge in [0.25, 0.3) is 0 Å². The van der Waals surface area contributed by atoms with Crippen molar-refractivity contribution in [3.63, 3.8) is 0 Å². The third-order valence-electron chi connectivity index (χ3n) is 5.26. The standard InChI is InChI=1S/C16H31N3O2/c1-2-17-16(14-4-8-21-13-14)12-18-5-3-15(11-18)19-6-9-20-10-7-19/h14-17H,2-13H2,1H3. The van der Waals surface area contributed by atoms with Gasteiger partial charge in [-0.3, -0.25) is 4.90 Å². The van der Waals surface area contributed by atoms with E-state index in [9.17, 15) is 0 Å². The Morgan fingerprint density at radius 3 is 2.67 bits per heavy atom. The van der Waals surface area contributed by atoms with Crippen LogP contribution in [0.2, 0.25) is 0 Å². The first kappa shape index (κ1) is 15.7. The van der Waals surface area contributed by atoms with E-state index in [0.717, 1.165) is 52.1 Å². The molecule has 0 aliphatic carbocycles.